The van der Waals surface area contributed by atoms with Crippen LogP contribution in [0.3, 0.4) is 0 Å². The molecule has 6 nitrogen and oxygen atoms in total. The van der Waals surface area contributed by atoms with Crippen LogP contribution in [0, 0.1) is 12.3 Å². The number of primary sulfonamides is 1. The second kappa shape index (κ2) is 6.21. The molecule has 0 heterocycles. The first kappa shape index (κ1) is 17.7. The number of nitrogens with one attached hydrogen (secondary N) is 1. The zero-order valence-electron chi connectivity index (χ0n) is 13.0. The predicted molar refractivity (Wildman–Crippen MR) is 85.5 cm³/mol. The smallest absolute Gasteiger partial charge is 0.238 e. The molecule has 0 radical (unpaired) electrons. The second-order valence-electron chi connectivity index (χ2n) is 6.54. The Balaban J connectivity index is 2.93. The van der Waals surface area contributed by atoms with Crippen molar-refractivity contribution in [1.29, 1.82) is 0 Å². The van der Waals surface area contributed by atoms with Crippen LogP contribution < -0.4 is 16.2 Å². The molecule has 1 aromatic carbocycles. The Hall–Kier alpha value is -1.31. The Bertz CT molecular complexity index is 607. The van der Waals surface area contributed by atoms with Crippen LogP contribution in [0.15, 0.2) is 17.0 Å². The van der Waals surface area contributed by atoms with Gasteiger partial charge in [-0.25, -0.2) is 13.6 Å². The van der Waals surface area contributed by atoms with Gasteiger partial charge in [-0.3, -0.25) is 0 Å². The molecular formula is C14H25N3O3S. The fourth-order valence-electron chi connectivity index (χ4n) is 2.19. The number of hydrogen-bond acceptors (Lipinski definition) is 5. The van der Waals surface area contributed by atoms with E-state index in [9.17, 15) is 13.5 Å². The Labute approximate surface area is 126 Å². The van der Waals surface area contributed by atoms with Gasteiger partial charge in [-0.2, -0.15) is 0 Å². The van der Waals surface area contributed by atoms with Gasteiger partial charge in [0.1, 0.15) is 0 Å². The summed E-state index contributed by atoms with van der Waals surface area (Å²) in [5.74, 6) is 0. The van der Waals surface area contributed by atoms with E-state index in [-0.39, 0.29) is 10.3 Å². The molecule has 1 rings (SSSR count). The SMILES string of the molecule is Cc1c(NCC(O)CC(C)(C)C)cc(N)cc1S(N)(=O)=O. The molecule has 0 amide bonds. The van der Waals surface area contributed by atoms with Gasteiger partial charge in [0, 0.05) is 17.9 Å². The highest BCUT2D eigenvalue weighted by Crippen LogP contribution is 2.27. The monoisotopic (exact) mass is 315 g/mol. The fourth-order valence-corrected chi connectivity index (χ4v) is 3.03. The minimum absolute atomic E-state index is 0.00434. The van der Waals surface area contributed by atoms with E-state index in [2.05, 4.69) is 5.32 Å². The van der Waals surface area contributed by atoms with Crippen LogP contribution in [-0.4, -0.2) is 26.2 Å². The first-order chi connectivity index (χ1) is 9.40. The van der Waals surface area contributed by atoms with Crippen molar-refractivity contribution in [2.75, 3.05) is 17.6 Å². The Morgan fingerprint density at radius 1 is 1.33 bits per heavy atom. The topological polar surface area (TPSA) is 118 Å². The molecule has 7 heteroatoms. The van der Waals surface area contributed by atoms with Crippen molar-refractivity contribution >= 4 is 21.4 Å². The van der Waals surface area contributed by atoms with Crippen molar-refractivity contribution in [3.8, 4) is 0 Å². The van der Waals surface area contributed by atoms with Crippen LogP contribution in [-0.2, 0) is 10.0 Å². The van der Waals surface area contributed by atoms with Crippen LogP contribution >= 0.6 is 0 Å². The highest BCUT2D eigenvalue weighted by molar-refractivity contribution is 7.89. The molecule has 0 saturated carbocycles. The summed E-state index contributed by atoms with van der Waals surface area (Å²) in [7, 11) is -3.83. The summed E-state index contributed by atoms with van der Waals surface area (Å²) < 4.78 is 23.1. The van der Waals surface area contributed by atoms with Crippen LogP contribution in [0.4, 0.5) is 11.4 Å². The van der Waals surface area contributed by atoms with Crippen molar-refractivity contribution in [3.63, 3.8) is 0 Å². The maximum absolute atomic E-state index is 11.5. The summed E-state index contributed by atoms with van der Waals surface area (Å²) >= 11 is 0. The van der Waals surface area contributed by atoms with E-state index in [0.29, 0.717) is 29.9 Å². The standard InChI is InChI=1S/C14H25N3O3S/c1-9-12(17-8-11(18)7-14(2,3)4)5-10(15)6-13(9)21(16,19)20/h5-6,11,17-18H,7-8,15H2,1-4H3,(H2,16,19,20). The van der Waals surface area contributed by atoms with Gasteiger partial charge < -0.3 is 16.2 Å². The highest BCUT2D eigenvalue weighted by atomic mass is 32.2. The van der Waals surface area contributed by atoms with Crippen LogP contribution in [0.5, 0.6) is 0 Å². The fraction of sp³-hybridized carbons (Fsp3) is 0.571. The van der Waals surface area contributed by atoms with Crippen LogP contribution in [0.25, 0.3) is 0 Å². The molecular weight excluding hydrogens is 290 g/mol. The molecule has 0 aliphatic carbocycles. The van der Waals surface area contributed by atoms with Crippen LogP contribution in [0.1, 0.15) is 32.8 Å². The molecule has 0 spiro atoms. The zero-order valence-corrected chi connectivity index (χ0v) is 13.8. The van der Waals surface area contributed by atoms with Crippen molar-refractivity contribution in [2.45, 2.75) is 45.1 Å². The molecule has 0 bridgehead atoms. The minimum atomic E-state index is -3.83. The molecule has 0 aliphatic heterocycles. The first-order valence-corrected chi connectivity index (χ1v) is 8.29. The van der Waals surface area contributed by atoms with Gasteiger partial charge in [-0.1, -0.05) is 20.8 Å². The second-order valence-corrected chi connectivity index (χ2v) is 8.07. The summed E-state index contributed by atoms with van der Waals surface area (Å²) in [5.41, 5.74) is 7.08. The summed E-state index contributed by atoms with van der Waals surface area (Å²) in [6.45, 7) is 8.09. The summed E-state index contributed by atoms with van der Waals surface area (Å²) in [4.78, 5) is -0.00434. The van der Waals surface area contributed by atoms with E-state index in [4.69, 9.17) is 10.9 Å². The van der Waals surface area contributed by atoms with E-state index in [1.807, 2.05) is 20.8 Å². The van der Waals surface area contributed by atoms with Gasteiger partial charge in [-0.15, -0.1) is 0 Å². The van der Waals surface area contributed by atoms with E-state index in [1.165, 1.54) is 6.07 Å². The van der Waals surface area contributed by atoms with Gasteiger partial charge in [0.15, 0.2) is 0 Å². The molecule has 1 aromatic rings. The number of rotatable bonds is 5. The molecule has 21 heavy (non-hydrogen) atoms. The zero-order chi connectivity index (χ0) is 16.4. The van der Waals surface area contributed by atoms with Gasteiger partial charge in [0.2, 0.25) is 10.0 Å². The van der Waals surface area contributed by atoms with Gasteiger partial charge in [-0.05, 0) is 36.5 Å². The number of nitrogen functional groups attached to an aromatic ring is 1. The average molecular weight is 315 g/mol. The number of aliphatic hydroxyl groups is 1. The van der Waals surface area contributed by atoms with Crippen molar-refractivity contribution in [3.05, 3.63) is 17.7 Å². The molecule has 6 N–H and O–H groups in total. The molecule has 0 saturated heterocycles. The Morgan fingerprint density at radius 3 is 2.38 bits per heavy atom. The third-order valence-electron chi connectivity index (χ3n) is 3.07. The minimum Gasteiger partial charge on any atom is -0.399 e. The number of sulfonamides is 1. The summed E-state index contributed by atoms with van der Waals surface area (Å²) in [5, 5.41) is 18.2. The lowest BCUT2D eigenvalue weighted by Gasteiger charge is -2.23. The number of hydrogen-bond donors (Lipinski definition) is 4. The number of benzene rings is 1. The van der Waals surface area contributed by atoms with E-state index in [0.717, 1.165) is 0 Å². The third-order valence-corrected chi connectivity index (χ3v) is 4.10. The lowest BCUT2D eigenvalue weighted by molar-refractivity contribution is 0.132. The summed E-state index contributed by atoms with van der Waals surface area (Å²) in [6.07, 6.45) is 0.0902. The van der Waals surface area contributed by atoms with Crippen molar-refractivity contribution in [1.82, 2.24) is 0 Å². The van der Waals surface area contributed by atoms with Gasteiger partial charge in [0.05, 0.1) is 11.0 Å². The third kappa shape index (κ3) is 5.53. The van der Waals surface area contributed by atoms with Crippen molar-refractivity contribution in [2.24, 2.45) is 10.6 Å². The predicted octanol–water partition coefficient (Wildman–Crippen LogP) is 1.43. The maximum atomic E-state index is 11.5. The van der Waals surface area contributed by atoms with E-state index < -0.39 is 16.1 Å². The lowest BCUT2D eigenvalue weighted by Crippen LogP contribution is -2.25. The van der Waals surface area contributed by atoms with E-state index in [1.54, 1.807) is 13.0 Å². The number of nitrogens with two attached hydrogens (primary N) is 2. The average Bonchev–Trinajstić information content (AvgIpc) is 2.26. The molecule has 0 fully saturated rings. The highest BCUT2D eigenvalue weighted by Gasteiger charge is 2.18. The molecule has 1 unspecified atom stereocenters. The van der Waals surface area contributed by atoms with Gasteiger partial charge in [0.25, 0.3) is 0 Å². The first-order valence-electron chi connectivity index (χ1n) is 6.75. The number of aliphatic hydroxyl groups excluding tert-OH is 1. The number of anilines is 2. The van der Waals surface area contributed by atoms with Crippen LogP contribution in [0.2, 0.25) is 0 Å². The summed E-state index contributed by atoms with van der Waals surface area (Å²) in [6, 6.07) is 2.97. The molecule has 120 valence electrons. The van der Waals surface area contributed by atoms with Crippen molar-refractivity contribution < 1.29 is 13.5 Å². The molecule has 0 aliphatic rings. The lowest BCUT2D eigenvalue weighted by atomic mass is 9.89. The Kier molecular flexibility index (Phi) is 5.25. The molecule has 1 atom stereocenters. The van der Waals surface area contributed by atoms with E-state index >= 15 is 0 Å². The maximum Gasteiger partial charge on any atom is 0.238 e. The largest absolute Gasteiger partial charge is 0.399 e. The Morgan fingerprint density at radius 2 is 1.90 bits per heavy atom. The van der Waals surface area contributed by atoms with Gasteiger partial charge >= 0.3 is 0 Å². The normalized spacial score (nSPS) is 14.0. The molecule has 0 aromatic heterocycles. The quantitative estimate of drug-likeness (QED) is 0.613.